The predicted molar refractivity (Wildman–Crippen MR) is 62.4 cm³/mol. The van der Waals surface area contributed by atoms with E-state index in [1.54, 1.807) is 11.3 Å². The molecule has 0 spiro atoms. The highest BCUT2D eigenvalue weighted by Gasteiger charge is 2.20. The van der Waals surface area contributed by atoms with Crippen molar-refractivity contribution < 1.29 is 5.11 Å². The first-order valence-electron chi connectivity index (χ1n) is 5.53. The number of piperidine rings is 1. The van der Waals surface area contributed by atoms with Crippen LogP contribution >= 0.6 is 11.3 Å². The van der Waals surface area contributed by atoms with Crippen molar-refractivity contribution in [3.63, 3.8) is 0 Å². The highest BCUT2D eigenvalue weighted by molar-refractivity contribution is 7.09. The van der Waals surface area contributed by atoms with E-state index in [1.807, 2.05) is 0 Å². The van der Waals surface area contributed by atoms with Gasteiger partial charge in [-0.15, -0.1) is 11.3 Å². The van der Waals surface area contributed by atoms with Gasteiger partial charge in [0.1, 0.15) is 0 Å². The fraction of sp³-hybridized carbons (Fsp3) is 0.727. The Hall–Kier alpha value is -0.450. The summed E-state index contributed by atoms with van der Waals surface area (Å²) in [6.45, 7) is 2.57. The number of aromatic nitrogens is 1. The molecular formula is C11H18N2OS. The lowest BCUT2D eigenvalue weighted by Crippen LogP contribution is -2.29. The van der Waals surface area contributed by atoms with Crippen LogP contribution < -0.4 is 0 Å². The summed E-state index contributed by atoms with van der Waals surface area (Å²) in [7, 11) is 2.18. The van der Waals surface area contributed by atoms with Crippen LogP contribution in [0.15, 0.2) is 5.38 Å². The molecule has 4 heteroatoms. The molecule has 1 saturated heterocycles. The molecule has 1 fully saturated rings. The van der Waals surface area contributed by atoms with Crippen molar-refractivity contribution in [2.75, 3.05) is 26.7 Å². The van der Waals surface area contributed by atoms with Crippen molar-refractivity contribution in [3.05, 3.63) is 16.1 Å². The van der Waals surface area contributed by atoms with Crippen LogP contribution in [0.2, 0.25) is 0 Å². The molecule has 15 heavy (non-hydrogen) atoms. The standard InChI is InChI=1S/C11H18N2OS/c1-13-5-2-9(3-6-13)11-12-10(4-7-14)8-15-11/h8-9,14H,2-7H2,1H3. The summed E-state index contributed by atoms with van der Waals surface area (Å²) < 4.78 is 0. The predicted octanol–water partition coefficient (Wildman–Crippen LogP) is 1.49. The molecule has 1 aliphatic heterocycles. The molecule has 3 nitrogen and oxygen atoms in total. The van der Waals surface area contributed by atoms with E-state index in [9.17, 15) is 0 Å². The summed E-state index contributed by atoms with van der Waals surface area (Å²) in [6.07, 6.45) is 3.15. The molecule has 0 aromatic carbocycles. The molecule has 1 aromatic heterocycles. The normalized spacial score (nSPS) is 19.6. The zero-order valence-corrected chi connectivity index (χ0v) is 9.96. The van der Waals surface area contributed by atoms with Crippen LogP contribution in [0.25, 0.3) is 0 Å². The lowest BCUT2D eigenvalue weighted by Gasteiger charge is -2.27. The van der Waals surface area contributed by atoms with Crippen molar-refractivity contribution in [3.8, 4) is 0 Å². The minimum Gasteiger partial charge on any atom is -0.396 e. The number of aliphatic hydroxyl groups excluding tert-OH is 1. The highest BCUT2D eigenvalue weighted by atomic mass is 32.1. The molecule has 84 valence electrons. The highest BCUT2D eigenvalue weighted by Crippen LogP contribution is 2.29. The number of nitrogens with zero attached hydrogens (tertiary/aromatic N) is 2. The van der Waals surface area contributed by atoms with E-state index in [4.69, 9.17) is 5.11 Å². The van der Waals surface area contributed by atoms with Crippen LogP contribution in [-0.2, 0) is 6.42 Å². The first-order valence-corrected chi connectivity index (χ1v) is 6.41. The van der Waals surface area contributed by atoms with E-state index >= 15 is 0 Å². The van der Waals surface area contributed by atoms with Gasteiger partial charge in [0.05, 0.1) is 10.7 Å². The third kappa shape index (κ3) is 2.77. The molecule has 0 saturated carbocycles. The Balaban J connectivity index is 1.96. The largest absolute Gasteiger partial charge is 0.396 e. The van der Waals surface area contributed by atoms with Crippen LogP contribution in [0.1, 0.15) is 29.5 Å². The maximum atomic E-state index is 8.83. The second-order valence-corrected chi connectivity index (χ2v) is 5.12. The summed E-state index contributed by atoms with van der Waals surface area (Å²) in [5.74, 6) is 0.652. The molecule has 1 aliphatic rings. The van der Waals surface area contributed by atoms with E-state index in [0.717, 1.165) is 5.69 Å². The maximum Gasteiger partial charge on any atom is 0.0960 e. The molecule has 0 amide bonds. The first kappa shape index (κ1) is 11.0. The number of hydrogen-bond donors (Lipinski definition) is 1. The molecule has 1 aromatic rings. The Morgan fingerprint density at radius 2 is 2.27 bits per heavy atom. The average Bonchev–Trinajstić information content (AvgIpc) is 2.68. The fourth-order valence-corrected chi connectivity index (χ4v) is 3.02. The molecule has 2 heterocycles. The van der Waals surface area contributed by atoms with Gasteiger partial charge in [-0.25, -0.2) is 4.98 Å². The van der Waals surface area contributed by atoms with Gasteiger partial charge in [0.2, 0.25) is 0 Å². The number of likely N-dealkylation sites (tertiary alicyclic amines) is 1. The zero-order valence-electron chi connectivity index (χ0n) is 9.15. The summed E-state index contributed by atoms with van der Waals surface area (Å²) in [5, 5.41) is 12.2. The van der Waals surface area contributed by atoms with Gasteiger partial charge in [0.25, 0.3) is 0 Å². The lowest BCUT2D eigenvalue weighted by atomic mass is 9.98. The van der Waals surface area contributed by atoms with E-state index in [1.165, 1.54) is 30.9 Å². The average molecular weight is 226 g/mol. The molecule has 0 atom stereocenters. The lowest BCUT2D eigenvalue weighted by molar-refractivity contribution is 0.255. The van der Waals surface area contributed by atoms with Crippen LogP contribution in [0.3, 0.4) is 0 Å². The van der Waals surface area contributed by atoms with E-state index in [2.05, 4.69) is 22.3 Å². The SMILES string of the molecule is CN1CCC(c2nc(CCO)cs2)CC1. The summed E-state index contributed by atoms with van der Waals surface area (Å²) in [6, 6.07) is 0. The van der Waals surface area contributed by atoms with Gasteiger partial charge < -0.3 is 10.0 Å². The fourth-order valence-electron chi connectivity index (χ4n) is 2.00. The minimum absolute atomic E-state index is 0.205. The smallest absolute Gasteiger partial charge is 0.0960 e. The Labute approximate surface area is 94.8 Å². The van der Waals surface area contributed by atoms with Crippen molar-refractivity contribution in [2.45, 2.75) is 25.2 Å². The number of hydrogen-bond acceptors (Lipinski definition) is 4. The van der Waals surface area contributed by atoms with Gasteiger partial charge in [-0.3, -0.25) is 0 Å². The number of aliphatic hydroxyl groups is 1. The van der Waals surface area contributed by atoms with Crippen LogP contribution in [0.5, 0.6) is 0 Å². The van der Waals surface area contributed by atoms with Crippen LogP contribution in [0.4, 0.5) is 0 Å². The van der Waals surface area contributed by atoms with Crippen molar-refractivity contribution in [2.24, 2.45) is 0 Å². The second-order valence-electron chi connectivity index (χ2n) is 4.23. The van der Waals surface area contributed by atoms with Gasteiger partial charge in [-0.05, 0) is 33.0 Å². The molecule has 1 N–H and O–H groups in total. The molecule has 0 unspecified atom stereocenters. The van der Waals surface area contributed by atoms with E-state index in [-0.39, 0.29) is 6.61 Å². The van der Waals surface area contributed by atoms with E-state index < -0.39 is 0 Å². The van der Waals surface area contributed by atoms with Crippen molar-refractivity contribution in [1.29, 1.82) is 0 Å². The third-order valence-electron chi connectivity index (χ3n) is 3.01. The number of thiazole rings is 1. The molecule has 0 bridgehead atoms. The quantitative estimate of drug-likeness (QED) is 0.848. The van der Waals surface area contributed by atoms with E-state index in [0.29, 0.717) is 12.3 Å². The third-order valence-corrected chi connectivity index (χ3v) is 4.06. The first-order chi connectivity index (χ1) is 7.29. The van der Waals surface area contributed by atoms with Crippen LogP contribution in [0, 0.1) is 0 Å². The van der Waals surface area contributed by atoms with Gasteiger partial charge in [-0.1, -0.05) is 0 Å². The molecular weight excluding hydrogens is 208 g/mol. The second kappa shape index (κ2) is 5.05. The number of rotatable bonds is 3. The van der Waals surface area contributed by atoms with Gasteiger partial charge in [-0.2, -0.15) is 0 Å². The summed E-state index contributed by atoms with van der Waals surface area (Å²) in [5.41, 5.74) is 1.05. The van der Waals surface area contributed by atoms with Gasteiger partial charge >= 0.3 is 0 Å². The Morgan fingerprint density at radius 3 is 2.93 bits per heavy atom. The van der Waals surface area contributed by atoms with Crippen molar-refractivity contribution in [1.82, 2.24) is 9.88 Å². The molecule has 2 rings (SSSR count). The Bertz CT molecular complexity index is 305. The maximum absolute atomic E-state index is 8.83. The zero-order chi connectivity index (χ0) is 10.7. The molecule has 0 radical (unpaired) electrons. The topological polar surface area (TPSA) is 36.4 Å². The summed E-state index contributed by atoms with van der Waals surface area (Å²) in [4.78, 5) is 6.96. The minimum atomic E-state index is 0.205. The van der Waals surface area contributed by atoms with Crippen LogP contribution in [-0.4, -0.2) is 41.7 Å². The monoisotopic (exact) mass is 226 g/mol. The summed E-state index contributed by atoms with van der Waals surface area (Å²) >= 11 is 1.76. The Morgan fingerprint density at radius 1 is 1.53 bits per heavy atom. The van der Waals surface area contributed by atoms with Gasteiger partial charge in [0.15, 0.2) is 0 Å². The Kier molecular flexibility index (Phi) is 3.72. The van der Waals surface area contributed by atoms with Crippen molar-refractivity contribution >= 4 is 11.3 Å². The molecule has 0 aliphatic carbocycles. The van der Waals surface area contributed by atoms with Gasteiger partial charge in [0, 0.05) is 24.3 Å².